The monoisotopic (exact) mass is 552 g/mol. The number of carbonyl (C=O) groups is 3. The second kappa shape index (κ2) is 15.3. The lowest BCUT2D eigenvalue weighted by Crippen LogP contribution is -2.58. The van der Waals surface area contributed by atoms with E-state index in [2.05, 4.69) is 21.3 Å². The summed E-state index contributed by atoms with van der Waals surface area (Å²) in [5, 5.41) is 21.8. The molecule has 1 heterocycles. The van der Waals surface area contributed by atoms with Gasteiger partial charge in [0, 0.05) is 13.1 Å². The van der Waals surface area contributed by atoms with E-state index in [1.165, 1.54) is 0 Å². The lowest BCUT2D eigenvalue weighted by atomic mass is 9.98. The Bertz CT molecular complexity index is 1120. The van der Waals surface area contributed by atoms with Crippen LogP contribution in [0.25, 0.3) is 0 Å². The number of aryl methyl sites for hydroxylation is 1. The van der Waals surface area contributed by atoms with Crippen molar-refractivity contribution in [2.75, 3.05) is 19.7 Å². The third-order valence-electron chi connectivity index (χ3n) is 6.92. The first-order chi connectivity index (χ1) is 19.1. The molecule has 0 fully saturated rings. The first-order valence-electron chi connectivity index (χ1n) is 14.2. The van der Waals surface area contributed by atoms with E-state index in [1.807, 2.05) is 52.0 Å². The van der Waals surface area contributed by atoms with Gasteiger partial charge in [0.25, 0.3) is 0 Å². The van der Waals surface area contributed by atoms with Crippen molar-refractivity contribution >= 4 is 17.7 Å². The summed E-state index contributed by atoms with van der Waals surface area (Å²) >= 11 is 0. The average molecular weight is 553 g/mol. The molecule has 0 saturated carbocycles. The van der Waals surface area contributed by atoms with Gasteiger partial charge >= 0.3 is 0 Å². The average Bonchev–Trinajstić information content (AvgIpc) is 2.91. The summed E-state index contributed by atoms with van der Waals surface area (Å²) < 4.78 is 6.06. The summed E-state index contributed by atoms with van der Waals surface area (Å²) in [4.78, 5) is 40.0. The number of ether oxygens (including phenoxy) is 1. The van der Waals surface area contributed by atoms with E-state index in [9.17, 15) is 19.5 Å². The third kappa shape index (κ3) is 9.55. The molecule has 9 heteroatoms. The topological polar surface area (TPSA) is 129 Å². The van der Waals surface area contributed by atoms with Crippen LogP contribution < -0.4 is 26.0 Å². The maximum Gasteiger partial charge on any atom is 0.243 e. The minimum atomic E-state index is -0.818. The molecule has 2 aromatic rings. The first kappa shape index (κ1) is 30.9. The maximum atomic E-state index is 13.5. The van der Waals surface area contributed by atoms with Gasteiger partial charge in [-0.1, -0.05) is 58.0 Å². The number of aromatic hydroxyl groups is 1. The van der Waals surface area contributed by atoms with Gasteiger partial charge < -0.3 is 31.1 Å². The van der Waals surface area contributed by atoms with Crippen LogP contribution in [0.15, 0.2) is 48.5 Å². The molecule has 40 heavy (non-hydrogen) atoms. The summed E-state index contributed by atoms with van der Waals surface area (Å²) in [6, 6.07) is 12.4. The lowest BCUT2D eigenvalue weighted by Gasteiger charge is -2.28. The van der Waals surface area contributed by atoms with Crippen molar-refractivity contribution in [3.63, 3.8) is 0 Å². The highest BCUT2D eigenvalue weighted by molar-refractivity contribution is 5.93. The van der Waals surface area contributed by atoms with Gasteiger partial charge in [0.1, 0.15) is 30.2 Å². The molecule has 5 N–H and O–H groups in total. The van der Waals surface area contributed by atoms with Gasteiger partial charge in [-0.2, -0.15) is 0 Å². The van der Waals surface area contributed by atoms with Crippen LogP contribution in [0.5, 0.6) is 11.5 Å². The molecular weight excluding hydrogens is 508 g/mol. The summed E-state index contributed by atoms with van der Waals surface area (Å²) in [5.41, 5.74) is 1.90. The summed E-state index contributed by atoms with van der Waals surface area (Å²) in [5.74, 6) is -0.0291. The molecule has 0 aromatic heterocycles. The Morgan fingerprint density at radius 3 is 2.30 bits per heavy atom. The highest BCUT2D eigenvalue weighted by Crippen LogP contribution is 2.19. The SMILES string of the molecule is CC(C)C[C@@H]1NC(=O)[C@@H](C(C)C)NC(=O)[C@@H](Cc2ccc(O)cc2)NCCOc2ccccc2CCCNC1=O. The van der Waals surface area contributed by atoms with Crippen LogP contribution in [-0.2, 0) is 27.2 Å². The Balaban J connectivity index is 1.86. The van der Waals surface area contributed by atoms with Crippen molar-refractivity contribution in [3.05, 3.63) is 59.7 Å². The summed E-state index contributed by atoms with van der Waals surface area (Å²) in [6.07, 6.45) is 2.30. The van der Waals surface area contributed by atoms with Crippen LogP contribution in [0.3, 0.4) is 0 Å². The van der Waals surface area contributed by atoms with E-state index in [1.54, 1.807) is 24.3 Å². The summed E-state index contributed by atoms with van der Waals surface area (Å²) in [7, 11) is 0. The summed E-state index contributed by atoms with van der Waals surface area (Å²) in [6.45, 7) is 8.96. The number of benzene rings is 2. The molecule has 218 valence electrons. The minimum Gasteiger partial charge on any atom is -0.508 e. The molecule has 3 rings (SSSR count). The van der Waals surface area contributed by atoms with Crippen molar-refractivity contribution in [1.82, 2.24) is 21.3 Å². The molecule has 9 nitrogen and oxygen atoms in total. The second-order valence-electron chi connectivity index (χ2n) is 11.1. The standard InChI is InChI=1S/C31H44N4O5/c1-20(2)18-26-29(37)33-15-7-9-23-8-5-6-10-27(23)40-17-16-32-25(19-22-11-13-24(36)14-12-22)30(38)35-28(21(3)4)31(39)34-26/h5-6,8,10-14,20-21,25-26,28,32,36H,7,9,15-19H2,1-4H3,(H,33,37)(H,34,39)(H,35,38)/t25-,26+,28-/m1/s1. The van der Waals surface area contributed by atoms with Crippen LogP contribution in [0, 0.1) is 11.8 Å². The van der Waals surface area contributed by atoms with E-state index in [0.717, 1.165) is 29.7 Å². The maximum absolute atomic E-state index is 13.5. The molecule has 0 saturated heterocycles. The first-order valence-corrected chi connectivity index (χ1v) is 14.2. The normalized spacial score (nSPS) is 21.9. The molecule has 0 bridgehead atoms. The largest absolute Gasteiger partial charge is 0.508 e. The van der Waals surface area contributed by atoms with Crippen LogP contribution in [-0.4, -0.2) is 60.6 Å². The Hall–Kier alpha value is -3.59. The molecule has 0 unspecified atom stereocenters. The molecule has 3 amide bonds. The number of nitrogens with one attached hydrogen (secondary N) is 4. The predicted octanol–water partition coefficient (Wildman–Crippen LogP) is 2.71. The molecule has 2 aromatic carbocycles. The number of amides is 3. The molecule has 1 aliphatic heterocycles. The van der Waals surface area contributed by atoms with E-state index in [-0.39, 0.29) is 35.3 Å². The number of hydrogen-bond donors (Lipinski definition) is 5. The van der Waals surface area contributed by atoms with Crippen LogP contribution >= 0.6 is 0 Å². The fourth-order valence-corrected chi connectivity index (χ4v) is 4.74. The van der Waals surface area contributed by atoms with Gasteiger partial charge in [-0.05, 0) is 66.8 Å². The Morgan fingerprint density at radius 1 is 0.875 bits per heavy atom. The fourth-order valence-electron chi connectivity index (χ4n) is 4.74. The smallest absolute Gasteiger partial charge is 0.243 e. The van der Waals surface area contributed by atoms with Crippen molar-refractivity contribution in [1.29, 1.82) is 0 Å². The zero-order valence-corrected chi connectivity index (χ0v) is 24.0. The molecule has 1 aliphatic rings. The number of hydrogen-bond acceptors (Lipinski definition) is 6. The van der Waals surface area contributed by atoms with Gasteiger partial charge in [0.05, 0.1) is 6.04 Å². The Kier molecular flexibility index (Phi) is 11.8. The van der Waals surface area contributed by atoms with Crippen LogP contribution in [0.1, 0.15) is 51.7 Å². The van der Waals surface area contributed by atoms with Crippen molar-refractivity contribution < 1.29 is 24.2 Å². The van der Waals surface area contributed by atoms with Crippen molar-refractivity contribution in [2.24, 2.45) is 11.8 Å². The molecule has 3 atom stereocenters. The van der Waals surface area contributed by atoms with Gasteiger partial charge in [-0.25, -0.2) is 0 Å². The highest BCUT2D eigenvalue weighted by Gasteiger charge is 2.31. The van der Waals surface area contributed by atoms with Crippen molar-refractivity contribution in [2.45, 2.75) is 71.5 Å². The van der Waals surface area contributed by atoms with Crippen LogP contribution in [0.4, 0.5) is 0 Å². The van der Waals surface area contributed by atoms with Gasteiger partial charge in [-0.3, -0.25) is 14.4 Å². The van der Waals surface area contributed by atoms with E-state index in [4.69, 9.17) is 4.74 Å². The number of fused-ring (bicyclic) bond motifs is 1. The van der Waals surface area contributed by atoms with Gasteiger partial charge in [0.2, 0.25) is 17.7 Å². The van der Waals surface area contributed by atoms with E-state index < -0.39 is 18.1 Å². The van der Waals surface area contributed by atoms with Gasteiger partial charge in [-0.15, -0.1) is 0 Å². The predicted molar refractivity (Wildman–Crippen MR) is 155 cm³/mol. The van der Waals surface area contributed by atoms with Gasteiger partial charge in [0.15, 0.2) is 0 Å². The fraction of sp³-hybridized carbons (Fsp3) is 0.516. The van der Waals surface area contributed by atoms with Crippen molar-refractivity contribution in [3.8, 4) is 11.5 Å². The minimum absolute atomic E-state index is 0.148. The number of phenolic OH excluding ortho intramolecular Hbond substituents is 1. The Morgan fingerprint density at radius 2 is 1.60 bits per heavy atom. The van der Waals surface area contributed by atoms with E-state index in [0.29, 0.717) is 32.5 Å². The second-order valence-corrected chi connectivity index (χ2v) is 11.1. The highest BCUT2D eigenvalue weighted by atomic mass is 16.5. The molecule has 0 spiro atoms. The number of rotatable bonds is 5. The molecule has 0 radical (unpaired) electrons. The Labute approximate surface area is 237 Å². The number of phenols is 1. The number of para-hydroxylation sites is 1. The lowest BCUT2D eigenvalue weighted by molar-refractivity contribution is -0.133. The van der Waals surface area contributed by atoms with Crippen LogP contribution in [0.2, 0.25) is 0 Å². The molecule has 0 aliphatic carbocycles. The van der Waals surface area contributed by atoms with E-state index >= 15 is 0 Å². The quantitative estimate of drug-likeness (QED) is 0.388. The third-order valence-corrected chi connectivity index (χ3v) is 6.92. The zero-order valence-electron chi connectivity index (χ0n) is 24.0. The number of carbonyl (C=O) groups excluding carboxylic acids is 3. The zero-order chi connectivity index (χ0) is 29.1. The molecular formula is C31H44N4O5.